The molecule has 0 fully saturated rings. The first-order chi connectivity index (χ1) is 16.7. The van der Waals surface area contributed by atoms with Crippen molar-refractivity contribution in [2.75, 3.05) is 4.90 Å². The van der Waals surface area contributed by atoms with Crippen LogP contribution in [0.25, 0.3) is 0 Å². The van der Waals surface area contributed by atoms with Gasteiger partial charge in [-0.3, -0.25) is 0 Å². The Morgan fingerprint density at radius 2 is 1.52 bits per heavy atom. The second-order valence-corrected chi connectivity index (χ2v) is 7.54. The predicted molar refractivity (Wildman–Crippen MR) is 121 cm³/mol. The number of anilines is 3. The van der Waals surface area contributed by atoms with Gasteiger partial charge in [0.15, 0.2) is 11.5 Å². The third-order valence-electron chi connectivity index (χ3n) is 4.48. The number of halogens is 1. The quantitative estimate of drug-likeness (QED) is 0.201. The van der Waals surface area contributed by atoms with Crippen LogP contribution in [0.2, 0.25) is 0 Å². The SMILES string of the molecule is [2H]c1c(I)cc2cc1N1c3ccccc3Oc3c1cc(c([2H])c3[2H])Oc1cc(c([2H])c([2H])c1[2H])O2. The molecule has 6 bridgehead atoms. The first-order valence-electron chi connectivity index (χ1n) is 11.7. The smallest absolute Gasteiger partial charge is 0.151 e. The number of rotatable bonds is 0. The topological polar surface area (TPSA) is 30.9 Å². The monoisotopic (exact) mass is 497 g/mol. The van der Waals surface area contributed by atoms with Gasteiger partial charge in [-0.1, -0.05) is 18.2 Å². The summed E-state index contributed by atoms with van der Waals surface area (Å²) in [6.45, 7) is 0. The van der Waals surface area contributed by atoms with E-state index in [0.717, 1.165) is 0 Å². The molecule has 6 rings (SSSR count). The summed E-state index contributed by atoms with van der Waals surface area (Å²) in [7, 11) is 0. The summed E-state index contributed by atoms with van der Waals surface area (Å²) < 4.78 is 69.2. The molecule has 0 unspecified atom stereocenters. The lowest BCUT2D eigenvalue weighted by Gasteiger charge is -2.33. The lowest BCUT2D eigenvalue weighted by molar-refractivity contribution is 0.454. The second kappa shape index (κ2) is 6.42. The van der Waals surface area contributed by atoms with E-state index in [0.29, 0.717) is 32.1 Å². The molecule has 0 radical (unpaired) electrons. The summed E-state index contributed by atoms with van der Waals surface area (Å²) in [5.74, 6) is 0.805. The van der Waals surface area contributed by atoms with E-state index in [1.807, 2.05) is 34.7 Å². The first kappa shape index (κ1) is 11.7. The molecule has 0 saturated carbocycles. The normalized spacial score (nSPS) is 16.0. The number of nitrogens with zero attached hydrogens (tertiary/aromatic N) is 1. The minimum absolute atomic E-state index is 0.00194. The zero-order valence-electron chi connectivity index (χ0n) is 20.7. The molecule has 4 aromatic carbocycles. The Hall–Kier alpha value is -3.19. The molecule has 0 N–H and O–H groups in total. The van der Waals surface area contributed by atoms with Gasteiger partial charge in [0.25, 0.3) is 0 Å². The van der Waals surface area contributed by atoms with Crippen LogP contribution in [-0.2, 0) is 0 Å². The lowest BCUT2D eigenvalue weighted by atomic mass is 10.1. The predicted octanol–water partition coefficient (Wildman–Crippen LogP) is 7.76. The van der Waals surface area contributed by atoms with Crippen LogP contribution >= 0.6 is 22.6 Å². The number of fused-ring (bicyclic) bond motifs is 8. The van der Waals surface area contributed by atoms with Gasteiger partial charge in [-0.25, -0.2) is 0 Å². The van der Waals surface area contributed by atoms with Crippen LogP contribution in [0.3, 0.4) is 0 Å². The summed E-state index contributed by atoms with van der Waals surface area (Å²) in [4.78, 5) is 1.75. The Bertz CT molecular complexity index is 1580. The molecule has 0 saturated heterocycles. The summed E-state index contributed by atoms with van der Waals surface area (Å²) >= 11 is 2.03. The van der Waals surface area contributed by atoms with E-state index in [9.17, 15) is 0 Å². The van der Waals surface area contributed by atoms with Crippen LogP contribution in [-0.4, -0.2) is 0 Å². The van der Waals surface area contributed by atoms with Crippen molar-refractivity contribution in [3.05, 3.63) is 88.4 Å². The Kier molecular flexibility index (Phi) is 2.60. The number of benzene rings is 4. The first-order valence-corrected chi connectivity index (χ1v) is 9.80. The highest BCUT2D eigenvalue weighted by Gasteiger charge is 2.27. The van der Waals surface area contributed by atoms with Crippen LogP contribution < -0.4 is 19.1 Å². The van der Waals surface area contributed by atoms with Crippen LogP contribution in [0.4, 0.5) is 17.1 Å². The molecule has 0 spiro atoms. The van der Waals surface area contributed by atoms with Gasteiger partial charge in [0, 0.05) is 21.8 Å². The fraction of sp³-hybridized carbons (Fsp3) is 0. The molecule has 4 nitrogen and oxygen atoms in total. The average Bonchev–Trinajstić information content (AvgIpc) is 2.84. The maximum Gasteiger partial charge on any atom is 0.151 e. The van der Waals surface area contributed by atoms with Crippen molar-refractivity contribution >= 4 is 39.7 Å². The summed E-state index contributed by atoms with van der Waals surface area (Å²) in [5.41, 5.74) is 1.44. The van der Waals surface area contributed by atoms with E-state index in [4.69, 9.17) is 22.4 Å². The van der Waals surface area contributed by atoms with Crippen LogP contribution in [0.15, 0.2) is 84.8 Å². The van der Waals surface area contributed by atoms with E-state index in [2.05, 4.69) is 0 Å². The molecular weight excluding hydrogens is 477 g/mol. The molecule has 2 aliphatic heterocycles. The van der Waals surface area contributed by atoms with Crippen molar-refractivity contribution in [3.8, 4) is 34.5 Å². The Labute approximate surface area is 189 Å². The Morgan fingerprint density at radius 3 is 2.41 bits per heavy atom. The third kappa shape index (κ3) is 2.89. The minimum Gasteiger partial charge on any atom is -0.457 e. The molecule has 4 aromatic rings. The summed E-state index contributed by atoms with van der Waals surface area (Å²) in [6.07, 6.45) is 0. The van der Waals surface area contributed by atoms with Gasteiger partial charge in [0.1, 0.15) is 23.0 Å². The average molecular weight is 497 g/mol. The second-order valence-electron chi connectivity index (χ2n) is 6.38. The number of ether oxygens (including phenoxy) is 3. The molecule has 140 valence electrons. The number of hydrogen-bond acceptors (Lipinski definition) is 4. The van der Waals surface area contributed by atoms with Crippen LogP contribution in [0.5, 0.6) is 34.5 Å². The fourth-order valence-corrected chi connectivity index (χ4v) is 3.89. The van der Waals surface area contributed by atoms with E-state index >= 15 is 0 Å². The zero-order chi connectivity index (χ0) is 24.6. The van der Waals surface area contributed by atoms with E-state index < -0.39 is 6.04 Å². The highest BCUT2D eigenvalue weighted by atomic mass is 127. The molecule has 0 amide bonds. The van der Waals surface area contributed by atoms with Crippen molar-refractivity contribution in [1.29, 1.82) is 0 Å². The zero-order valence-corrected chi connectivity index (χ0v) is 16.8. The van der Waals surface area contributed by atoms with Crippen LogP contribution in [0, 0.1) is 3.57 Å². The highest BCUT2D eigenvalue weighted by molar-refractivity contribution is 14.1. The summed E-state index contributed by atoms with van der Waals surface area (Å²) in [5, 5.41) is 0. The minimum atomic E-state index is -0.393. The summed E-state index contributed by atoms with van der Waals surface area (Å²) in [6, 6.07) is 12.1. The molecule has 2 aliphatic rings. The Morgan fingerprint density at radius 1 is 0.724 bits per heavy atom. The Balaban J connectivity index is 1.74. The van der Waals surface area contributed by atoms with Crippen molar-refractivity contribution in [3.63, 3.8) is 0 Å². The lowest BCUT2D eigenvalue weighted by Crippen LogP contribution is -2.16. The van der Waals surface area contributed by atoms with Gasteiger partial charge in [-0.15, -0.1) is 0 Å². The van der Waals surface area contributed by atoms with Crippen LogP contribution in [0.1, 0.15) is 8.22 Å². The molecule has 0 aliphatic carbocycles. The van der Waals surface area contributed by atoms with Gasteiger partial charge in [0.05, 0.1) is 25.3 Å². The van der Waals surface area contributed by atoms with Crippen molar-refractivity contribution < 1.29 is 22.4 Å². The molecule has 5 heteroatoms. The third-order valence-corrected chi connectivity index (χ3v) is 5.06. The van der Waals surface area contributed by atoms with Gasteiger partial charge >= 0.3 is 0 Å². The van der Waals surface area contributed by atoms with E-state index in [1.54, 1.807) is 29.2 Å². The number of hydrogen-bond donors (Lipinski definition) is 0. The fourth-order valence-electron chi connectivity index (χ4n) is 3.31. The largest absolute Gasteiger partial charge is 0.457 e. The van der Waals surface area contributed by atoms with E-state index in [-0.39, 0.29) is 53.2 Å². The molecule has 0 atom stereocenters. The van der Waals surface area contributed by atoms with Crippen molar-refractivity contribution in [2.24, 2.45) is 0 Å². The molecule has 2 heterocycles. The standard InChI is InChI=1S/C24H14INO3/c25-15-10-16-12-20(11-15)28-18-5-3-4-17(13-18)27-19-8-9-24-22(14-19)26(16)21-6-1-2-7-23(21)29-24/h1-14H/i3D,4D,5D,8D,9D,10D. The van der Waals surface area contributed by atoms with Gasteiger partial charge in [-0.2, -0.15) is 0 Å². The highest BCUT2D eigenvalue weighted by Crippen LogP contribution is 2.52. The number of para-hydroxylation sites is 2. The van der Waals surface area contributed by atoms with E-state index in [1.165, 1.54) is 12.1 Å². The molecule has 29 heavy (non-hydrogen) atoms. The molecule has 0 aromatic heterocycles. The van der Waals surface area contributed by atoms with Gasteiger partial charge in [-0.05, 0) is 71.0 Å². The molecular formula is C24H14INO3. The maximum atomic E-state index is 8.80. The van der Waals surface area contributed by atoms with Gasteiger partial charge in [0.2, 0.25) is 0 Å². The van der Waals surface area contributed by atoms with Crippen molar-refractivity contribution in [2.45, 2.75) is 0 Å². The maximum absolute atomic E-state index is 8.80. The van der Waals surface area contributed by atoms with Crippen molar-refractivity contribution in [1.82, 2.24) is 0 Å². The van der Waals surface area contributed by atoms with Gasteiger partial charge < -0.3 is 19.1 Å².